The molecule has 4 aliphatic rings. The maximum absolute atomic E-state index is 14.8. The van der Waals surface area contributed by atoms with E-state index in [0.717, 1.165) is 44.7 Å². The molecule has 1 unspecified atom stereocenters. The molecule has 1 aromatic carbocycles. The number of carbonyl (C=O) groups is 4. The van der Waals surface area contributed by atoms with Crippen LogP contribution in [0.5, 0.6) is 0 Å². The Morgan fingerprint density at radius 3 is 2.61 bits per heavy atom. The van der Waals surface area contributed by atoms with E-state index in [1.54, 1.807) is 18.2 Å². The number of rotatable bonds is 9. The van der Waals surface area contributed by atoms with Gasteiger partial charge in [-0.25, -0.2) is 10.4 Å². The highest BCUT2D eigenvalue weighted by Gasteiger charge is 2.54. The number of likely N-dealkylation sites (tertiary alicyclic amines) is 2. The van der Waals surface area contributed by atoms with Crippen molar-refractivity contribution in [1.82, 2.24) is 45.0 Å². The fourth-order valence-corrected chi connectivity index (χ4v) is 11.6. The summed E-state index contributed by atoms with van der Waals surface area (Å²) in [5, 5.41) is 20.4. The first-order valence-corrected chi connectivity index (χ1v) is 26.1. The van der Waals surface area contributed by atoms with Gasteiger partial charge in [0.2, 0.25) is 5.91 Å². The molecule has 0 radical (unpaired) electrons. The average molecular weight is 992 g/mol. The molecule has 71 heavy (non-hydrogen) atoms. The molecule has 3 saturated heterocycles. The number of aliphatic hydroxyl groups is 1. The van der Waals surface area contributed by atoms with E-state index in [1.807, 2.05) is 70.0 Å². The second kappa shape index (κ2) is 20.7. The number of carbonyl (C=O) groups excluding carboxylic acids is 4. The Hall–Kier alpha value is -5.22. The summed E-state index contributed by atoms with van der Waals surface area (Å²) in [7, 11) is 5.53. The zero-order valence-corrected chi connectivity index (χ0v) is 44.2. The minimum Gasteiger partial charge on any atom is -0.464 e. The molecule has 382 valence electrons. The number of amides is 3. The van der Waals surface area contributed by atoms with Crippen LogP contribution in [-0.2, 0) is 48.0 Å². The van der Waals surface area contributed by atoms with Crippen molar-refractivity contribution < 1.29 is 33.8 Å². The highest BCUT2D eigenvalue weighted by Crippen LogP contribution is 2.46. The first kappa shape index (κ1) is 52.1. The number of hydrogen-bond donors (Lipinski definition) is 3. The fourth-order valence-electron chi connectivity index (χ4n) is 10.8. The second-order valence-corrected chi connectivity index (χ2v) is 22.8. The minimum atomic E-state index is -1.06. The summed E-state index contributed by atoms with van der Waals surface area (Å²) < 4.78 is 14.3. The van der Waals surface area contributed by atoms with E-state index in [2.05, 4.69) is 72.2 Å². The molecule has 17 heteroatoms. The number of aryl methyl sites for hydroxylation is 1. The zero-order chi connectivity index (χ0) is 51.2. The molecule has 4 aliphatic heterocycles. The Labute approximate surface area is 422 Å². The molecule has 7 heterocycles. The van der Waals surface area contributed by atoms with Gasteiger partial charge in [-0.15, -0.1) is 11.3 Å². The zero-order valence-electron chi connectivity index (χ0n) is 43.4. The van der Waals surface area contributed by atoms with Crippen molar-refractivity contribution in [2.24, 2.45) is 16.7 Å². The minimum absolute atomic E-state index is 0.0993. The van der Waals surface area contributed by atoms with Crippen LogP contribution in [0.3, 0.4) is 0 Å². The third kappa shape index (κ3) is 10.5. The van der Waals surface area contributed by atoms with E-state index in [4.69, 9.17) is 19.4 Å². The molecule has 0 saturated carbocycles. The van der Waals surface area contributed by atoms with Gasteiger partial charge in [-0.2, -0.15) is 0 Å². The van der Waals surface area contributed by atoms with Crippen LogP contribution < -0.4 is 10.7 Å². The quantitative estimate of drug-likeness (QED) is 0.136. The number of esters is 1. The number of thiazole rings is 1. The fraction of sp³-hybridized carbons (Fsp3) is 0.593. The highest BCUT2D eigenvalue weighted by molar-refractivity contribution is 7.10. The van der Waals surface area contributed by atoms with Crippen molar-refractivity contribution >= 4 is 45.9 Å². The van der Waals surface area contributed by atoms with Gasteiger partial charge >= 0.3 is 5.97 Å². The normalized spacial score (nSPS) is 24.0. The number of aromatic nitrogens is 3. The SMILES string of the molecule is CCn1c(-c2cccnc2[C@H](C)OC)c2c3cc(ccc31)-c1csc(n1)C[C@H](NC(=O)[C@H](C(C)C)N1CC[C@@]3(CCN(C(=O)C#CC(C)(C)N(C)C)C3)C1O)C(=O)N1CCC[C@H](N1)C(=O)OCC(C)(C)C2. The lowest BCUT2D eigenvalue weighted by molar-refractivity contribution is -0.155. The number of benzene rings is 1. The lowest BCUT2D eigenvalue weighted by atomic mass is 9.84. The van der Waals surface area contributed by atoms with Gasteiger partial charge in [-0.05, 0) is 116 Å². The molecule has 3 amide bonds. The number of pyridine rings is 1. The van der Waals surface area contributed by atoms with Crippen molar-refractivity contribution in [3.8, 4) is 34.4 Å². The monoisotopic (exact) mass is 992 g/mol. The van der Waals surface area contributed by atoms with Crippen molar-refractivity contribution in [3.05, 3.63) is 58.2 Å². The molecule has 6 atom stereocenters. The molecule has 16 nitrogen and oxygen atoms in total. The molecule has 3 N–H and O–H groups in total. The molecule has 6 bridgehead atoms. The third-order valence-electron chi connectivity index (χ3n) is 15.4. The van der Waals surface area contributed by atoms with Crippen LogP contribution in [0.25, 0.3) is 33.4 Å². The van der Waals surface area contributed by atoms with Crippen molar-refractivity contribution in [3.63, 3.8) is 0 Å². The van der Waals surface area contributed by atoms with Gasteiger partial charge in [0.25, 0.3) is 11.8 Å². The van der Waals surface area contributed by atoms with Gasteiger partial charge in [0.15, 0.2) is 0 Å². The summed E-state index contributed by atoms with van der Waals surface area (Å²) >= 11 is 1.43. The highest BCUT2D eigenvalue weighted by atomic mass is 32.1. The predicted octanol–water partition coefficient (Wildman–Crippen LogP) is 5.81. The molecule has 1 spiro atoms. The third-order valence-corrected chi connectivity index (χ3v) is 16.3. The summed E-state index contributed by atoms with van der Waals surface area (Å²) in [6.07, 6.45) is 3.41. The van der Waals surface area contributed by atoms with Gasteiger partial charge in [-0.3, -0.25) is 39.0 Å². The number of hydrazine groups is 1. The van der Waals surface area contributed by atoms with E-state index in [1.165, 1.54) is 16.3 Å². The average Bonchev–Trinajstić information content (AvgIpc) is 4.14. The van der Waals surface area contributed by atoms with E-state index < -0.39 is 58.5 Å². The molecular formula is C54H73N9O7S. The molecule has 8 rings (SSSR count). The van der Waals surface area contributed by atoms with Crippen LogP contribution in [0, 0.1) is 28.6 Å². The van der Waals surface area contributed by atoms with Crippen LogP contribution in [0.15, 0.2) is 41.9 Å². The van der Waals surface area contributed by atoms with Crippen LogP contribution in [0.4, 0.5) is 0 Å². The van der Waals surface area contributed by atoms with Crippen LogP contribution >= 0.6 is 11.3 Å². The molecule has 4 aromatic rings. The Bertz CT molecular complexity index is 2720. The Balaban J connectivity index is 1.12. The van der Waals surface area contributed by atoms with Gasteiger partial charge in [0.05, 0.1) is 46.4 Å². The second-order valence-electron chi connectivity index (χ2n) is 21.9. The number of hydrogen-bond acceptors (Lipinski definition) is 13. The van der Waals surface area contributed by atoms with E-state index in [-0.39, 0.29) is 31.0 Å². The van der Waals surface area contributed by atoms with E-state index >= 15 is 0 Å². The Kier molecular flexibility index (Phi) is 15.2. The maximum atomic E-state index is 14.8. The Morgan fingerprint density at radius 1 is 1.13 bits per heavy atom. The first-order chi connectivity index (χ1) is 33.7. The van der Waals surface area contributed by atoms with Crippen molar-refractivity contribution in [2.45, 2.75) is 136 Å². The standard InChI is InChI=1S/C54H73N9O7S/c1-12-61-42-18-17-35-27-37(42)38(47(61)36-15-13-23-55-45(36)34(4)69-11)29-52(5,6)32-70-50(67)39-16-14-24-63(58-39)49(66)40(28-43-56-41(35)30-71-43)57-48(65)46(33(2)3)62-26-22-54(51(62)68)21-25-60(31-54)44(64)19-20-53(7,8)59(9)10/h13,15,17-18,23,27,30,33-34,39-40,46,51,58,68H,12,14,16,21-22,24-26,28-29,31-32H2,1-11H3,(H,57,65)/t34-,39-,40-,46-,51?,54+/m0/s1. The van der Waals surface area contributed by atoms with Gasteiger partial charge in [0, 0.05) is 90.7 Å². The Morgan fingerprint density at radius 2 is 1.89 bits per heavy atom. The van der Waals surface area contributed by atoms with E-state index in [9.17, 15) is 24.3 Å². The number of nitrogens with zero attached hydrogens (tertiary/aromatic N) is 7. The molecule has 0 aliphatic carbocycles. The molecular weight excluding hydrogens is 919 g/mol. The van der Waals surface area contributed by atoms with Gasteiger partial charge in [-0.1, -0.05) is 39.7 Å². The summed E-state index contributed by atoms with van der Waals surface area (Å²) in [6, 6.07) is 7.84. The number of cyclic esters (lactones) is 1. The summed E-state index contributed by atoms with van der Waals surface area (Å²) in [5.74, 6) is 4.18. The number of methoxy groups -OCH3 is 1. The van der Waals surface area contributed by atoms with Gasteiger partial charge < -0.3 is 29.4 Å². The smallest absolute Gasteiger partial charge is 0.324 e. The predicted molar refractivity (Wildman–Crippen MR) is 274 cm³/mol. The van der Waals surface area contributed by atoms with E-state index in [0.29, 0.717) is 69.8 Å². The van der Waals surface area contributed by atoms with Crippen molar-refractivity contribution in [2.75, 3.05) is 54.0 Å². The van der Waals surface area contributed by atoms with Crippen LogP contribution in [0.2, 0.25) is 0 Å². The number of fused-ring (bicyclic) bond motifs is 6. The number of aliphatic hydroxyl groups excluding tert-OH is 1. The topological polar surface area (TPSA) is 175 Å². The lowest BCUT2D eigenvalue weighted by Crippen LogP contribution is -2.62. The lowest BCUT2D eigenvalue weighted by Gasteiger charge is -2.38. The molecule has 3 aromatic heterocycles. The number of ether oxygens (including phenoxy) is 2. The largest absolute Gasteiger partial charge is 0.464 e. The van der Waals surface area contributed by atoms with Crippen LogP contribution in [-0.4, -0.2) is 147 Å². The molecule has 3 fully saturated rings. The maximum Gasteiger partial charge on any atom is 0.324 e. The number of nitrogens with one attached hydrogen (secondary N) is 2. The summed E-state index contributed by atoms with van der Waals surface area (Å²) in [6.45, 7) is 18.5. The van der Waals surface area contributed by atoms with Crippen LogP contribution in [0.1, 0.15) is 103 Å². The summed E-state index contributed by atoms with van der Waals surface area (Å²) in [4.78, 5) is 72.4. The first-order valence-electron chi connectivity index (χ1n) is 25.2. The summed E-state index contributed by atoms with van der Waals surface area (Å²) in [5.41, 5.74) is 8.24. The van der Waals surface area contributed by atoms with Gasteiger partial charge in [0.1, 0.15) is 18.3 Å². The van der Waals surface area contributed by atoms with Crippen molar-refractivity contribution in [1.29, 1.82) is 0 Å².